The SMILES string of the molecule is CCCCCCCc1ccc(N=Nc2ccc(OC(=O)OCCCCCC)cc2)cc1. The molecule has 31 heavy (non-hydrogen) atoms. The lowest BCUT2D eigenvalue weighted by molar-refractivity contribution is 0.0973. The Bertz CT molecular complexity index is 770. The van der Waals surface area contributed by atoms with Crippen LogP contribution >= 0.6 is 0 Å². The molecule has 5 nitrogen and oxygen atoms in total. The summed E-state index contributed by atoms with van der Waals surface area (Å²) in [7, 11) is 0. The lowest BCUT2D eigenvalue weighted by Crippen LogP contribution is -2.11. The minimum absolute atomic E-state index is 0.392. The Morgan fingerprint density at radius 2 is 1.26 bits per heavy atom. The normalized spacial score (nSPS) is 11.0. The van der Waals surface area contributed by atoms with E-state index < -0.39 is 6.16 Å². The average Bonchev–Trinajstić information content (AvgIpc) is 2.79. The third-order valence-corrected chi connectivity index (χ3v) is 5.04. The second kappa shape index (κ2) is 15.2. The highest BCUT2D eigenvalue weighted by Gasteiger charge is 2.05. The summed E-state index contributed by atoms with van der Waals surface area (Å²) < 4.78 is 10.2. The molecule has 0 amide bonds. The molecule has 0 radical (unpaired) electrons. The molecule has 0 spiro atoms. The number of hydrogen-bond acceptors (Lipinski definition) is 5. The fourth-order valence-electron chi connectivity index (χ4n) is 3.17. The molecule has 2 aromatic rings. The fourth-order valence-corrected chi connectivity index (χ4v) is 3.17. The minimum atomic E-state index is -0.670. The van der Waals surface area contributed by atoms with Crippen molar-refractivity contribution in [2.24, 2.45) is 10.2 Å². The van der Waals surface area contributed by atoms with Crippen molar-refractivity contribution in [3.63, 3.8) is 0 Å². The quantitative estimate of drug-likeness (QED) is 0.132. The van der Waals surface area contributed by atoms with Gasteiger partial charge in [-0.15, -0.1) is 0 Å². The number of aryl methyl sites for hydroxylation is 1. The number of hydrogen-bond donors (Lipinski definition) is 0. The van der Waals surface area contributed by atoms with Crippen LogP contribution in [0.4, 0.5) is 16.2 Å². The third kappa shape index (κ3) is 10.8. The van der Waals surface area contributed by atoms with Crippen LogP contribution in [0.3, 0.4) is 0 Å². The molecule has 0 N–H and O–H groups in total. The van der Waals surface area contributed by atoms with E-state index in [-0.39, 0.29) is 0 Å². The maximum Gasteiger partial charge on any atom is 0.513 e. The average molecular weight is 425 g/mol. The van der Waals surface area contributed by atoms with E-state index in [1.807, 2.05) is 12.1 Å². The number of unbranched alkanes of at least 4 members (excludes halogenated alkanes) is 7. The van der Waals surface area contributed by atoms with Gasteiger partial charge in [0.25, 0.3) is 0 Å². The predicted octanol–water partition coefficient (Wildman–Crippen LogP) is 8.71. The number of benzene rings is 2. The largest absolute Gasteiger partial charge is 0.513 e. The molecule has 0 atom stereocenters. The van der Waals surface area contributed by atoms with Gasteiger partial charge in [-0.2, -0.15) is 10.2 Å². The van der Waals surface area contributed by atoms with Gasteiger partial charge in [0.2, 0.25) is 0 Å². The molecular formula is C26H36N2O3. The number of ether oxygens (including phenoxy) is 2. The standard InChI is InChI=1S/C26H36N2O3/c1-3-5-7-9-10-12-22-13-15-23(16-14-22)27-28-24-17-19-25(20-18-24)31-26(29)30-21-11-8-6-4-2/h13-20H,3-12,21H2,1-2H3. The Balaban J connectivity index is 1.73. The maximum atomic E-state index is 11.7. The number of carbonyl (C=O) groups is 1. The summed E-state index contributed by atoms with van der Waals surface area (Å²) in [6.45, 7) is 4.77. The molecule has 0 saturated carbocycles. The topological polar surface area (TPSA) is 60.2 Å². The first-order chi connectivity index (χ1) is 15.2. The van der Waals surface area contributed by atoms with Crippen molar-refractivity contribution < 1.29 is 14.3 Å². The van der Waals surface area contributed by atoms with Gasteiger partial charge in [0, 0.05) is 0 Å². The molecule has 0 saturated heterocycles. The lowest BCUT2D eigenvalue weighted by Gasteiger charge is -2.05. The van der Waals surface area contributed by atoms with Gasteiger partial charge in [-0.1, -0.05) is 70.9 Å². The van der Waals surface area contributed by atoms with Crippen molar-refractivity contribution in [1.82, 2.24) is 0 Å². The van der Waals surface area contributed by atoms with Crippen molar-refractivity contribution in [2.75, 3.05) is 6.61 Å². The van der Waals surface area contributed by atoms with Crippen LogP contribution < -0.4 is 4.74 Å². The van der Waals surface area contributed by atoms with E-state index in [4.69, 9.17) is 9.47 Å². The van der Waals surface area contributed by atoms with E-state index in [2.05, 4.69) is 36.2 Å². The third-order valence-electron chi connectivity index (χ3n) is 5.04. The Morgan fingerprint density at radius 1 is 0.710 bits per heavy atom. The molecule has 0 heterocycles. The Kier molecular flexibility index (Phi) is 12.0. The molecule has 0 unspecified atom stereocenters. The number of azo groups is 1. The van der Waals surface area contributed by atoms with Gasteiger partial charge in [0.1, 0.15) is 5.75 Å². The first-order valence-corrected chi connectivity index (χ1v) is 11.7. The highest BCUT2D eigenvalue weighted by molar-refractivity contribution is 5.64. The highest BCUT2D eigenvalue weighted by atomic mass is 16.7. The molecule has 0 aromatic heterocycles. The molecule has 0 fully saturated rings. The molecule has 0 aliphatic carbocycles. The van der Waals surface area contributed by atoms with E-state index in [0.717, 1.165) is 37.8 Å². The summed E-state index contributed by atoms with van der Waals surface area (Å²) in [5.74, 6) is 0.431. The van der Waals surface area contributed by atoms with Crippen LogP contribution in [0.15, 0.2) is 58.8 Å². The molecule has 0 bridgehead atoms. The van der Waals surface area contributed by atoms with Crippen LogP contribution in [0.2, 0.25) is 0 Å². The van der Waals surface area contributed by atoms with Crippen LogP contribution in [-0.4, -0.2) is 12.8 Å². The molecule has 168 valence electrons. The second-order valence-electron chi connectivity index (χ2n) is 7.79. The maximum absolute atomic E-state index is 11.7. The van der Waals surface area contributed by atoms with Gasteiger partial charge < -0.3 is 9.47 Å². The monoisotopic (exact) mass is 424 g/mol. The van der Waals surface area contributed by atoms with Gasteiger partial charge in [-0.05, 0) is 61.2 Å². The lowest BCUT2D eigenvalue weighted by atomic mass is 10.1. The van der Waals surface area contributed by atoms with Crippen LogP contribution in [0.1, 0.15) is 77.2 Å². The van der Waals surface area contributed by atoms with Crippen molar-refractivity contribution in [3.05, 3.63) is 54.1 Å². The fraction of sp³-hybridized carbons (Fsp3) is 0.500. The predicted molar refractivity (Wildman–Crippen MR) is 126 cm³/mol. The van der Waals surface area contributed by atoms with Crippen molar-refractivity contribution >= 4 is 17.5 Å². The summed E-state index contributed by atoms with van der Waals surface area (Å²) in [5, 5.41) is 8.54. The van der Waals surface area contributed by atoms with Crippen molar-refractivity contribution in [2.45, 2.75) is 78.1 Å². The van der Waals surface area contributed by atoms with Crippen molar-refractivity contribution in [1.29, 1.82) is 0 Å². The number of rotatable bonds is 14. The zero-order valence-electron chi connectivity index (χ0n) is 19.0. The molecule has 2 rings (SSSR count). The van der Waals surface area contributed by atoms with Crippen molar-refractivity contribution in [3.8, 4) is 5.75 Å². The molecule has 5 heteroatoms. The molecule has 0 aliphatic rings. The summed E-state index contributed by atoms with van der Waals surface area (Å²) in [5.41, 5.74) is 2.86. The van der Waals surface area contributed by atoms with Gasteiger partial charge in [-0.25, -0.2) is 4.79 Å². The zero-order chi connectivity index (χ0) is 22.2. The van der Waals surface area contributed by atoms with Gasteiger partial charge in [-0.3, -0.25) is 0 Å². The Labute approximate surface area is 186 Å². The summed E-state index contributed by atoms with van der Waals surface area (Å²) in [4.78, 5) is 11.7. The first-order valence-electron chi connectivity index (χ1n) is 11.7. The minimum Gasteiger partial charge on any atom is -0.434 e. The Hall–Kier alpha value is -2.69. The van der Waals surface area contributed by atoms with Gasteiger partial charge in [0.15, 0.2) is 0 Å². The summed E-state index contributed by atoms with van der Waals surface area (Å²) in [6, 6.07) is 15.1. The van der Waals surface area contributed by atoms with Crippen LogP contribution in [0.5, 0.6) is 5.75 Å². The smallest absolute Gasteiger partial charge is 0.434 e. The molecule has 2 aromatic carbocycles. The van der Waals surface area contributed by atoms with E-state index >= 15 is 0 Å². The van der Waals surface area contributed by atoms with Crippen LogP contribution in [-0.2, 0) is 11.2 Å². The van der Waals surface area contributed by atoms with E-state index in [9.17, 15) is 4.79 Å². The van der Waals surface area contributed by atoms with Crippen LogP contribution in [0, 0.1) is 0 Å². The van der Waals surface area contributed by atoms with E-state index in [1.54, 1.807) is 24.3 Å². The second-order valence-corrected chi connectivity index (χ2v) is 7.79. The van der Waals surface area contributed by atoms with Gasteiger partial charge in [0.05, 0.1) is 18.0 Å². The first kappa shape index (κ1) is 24.6. The zero-order valence-corrected chi connectivity index (χ0v) is 19.0. The Morgan fingerprint density at radius 3 is 1.87 bits per heavy atom. The van der Waals surface area contributed by atoms with E-state index in [0.29, 0.717) is 18.0 Å². The van der Waals surface area contributed by atoms with Crippen LogP contribution in [0.25, 0.3) is 0 Å². The number of nitrogens with zero attached hydrogens (tertiary/aromatic N) is 2. The molecule has 0 aliphatic heterocycles. The van der Waals surface area contributed by atoms with Gasteiger partial charge >= 0.3 is 6.16 Å². The molecular weight excluding hydrogens is 388 g/mol. The summed E-state index contributed by atoms with van der Waals surface area (Å²) in [6.07, 6.45) is 11.1. The summed E-state index contributed by atoms with van der Waals surface area (Å²) >= 11 is 0. The highest BCUT2D eigenvalue weighted by Crippen LogP contribution is 2.22. The number of carbonyl (C=O) groups excluding carboxylic acids is 1. The van der Waals surface area contributed by atoms with E-state index in [1.165, 1.54) is 37.7 Å².